The first-order chi connectivity index (χ1) is 7.36. The van der Waals surface area contributed by atoms with E-state index in [0.29, 0.717) is 6.04 Å². The Balaban J connectivity index is 2.12. The van der Waals surface area contributed by atoms with Gasteiger partial charge in [-0.3, -0.25) is 4.98 Å². The van der Waals surface area contributed by atoms with Gasteiger partial charge in [-0.2, -0.15) is 0 Å². The molecule has 1 N–H and O–H groups in total. The van der Waals surface area contributed by atoms with Gasteiger partial charge in [0.05, 0.1) is 0 Å². The smallest absolute Gasteiger partial charge is 0.0299 e. The molecule has 2 nitrogen and oxygen atoms in total. The summed E-state index contributed by atoms with van der Waals surface area (Å²) in [5, 5.41) is 3.34. The highest BCUT2D eigenvalue weighted by molar-refractivity contribution is 5.08. The molecule has 0 bridgehead atoms. The van der Waals surface area contributed by atoms with Gasteiger partial charge >= 0.3 is 0 Å². The SMILES string of the molecule is CC[C@@H](CCCCc1cccnc1)NC. The highest BCUT2D eigenvalue weighted by Crippen LogP contribution is 2.08. The number of aromatic nitrogens is 1. The van der Waals surface area contributed by atoms with Gasteiger partial charge in [-0.1, -0.05) is 19.4 Å². The van der Waals surface area contributed by atoms with Crippen molar-refractivity contribution in [1.29, 1.82) is 0 Å². The number of hydrogen-bond acceptors (Lipinski definition) is 2. The molecule has 0 aliphatic carbocycles. The van der Waals surface area contributed by atoms with Crippen LogP contribution in [0.3, 0.4) is 0 Å². The minimum Gasteiger partial charge on any atom is -0.317 e. The Morgan fingerprint density at radius 2 is 2.27 bits per heavy atom. The molecule has 0 unspecified atom stereocenters. The molecule has 0 radical (unpaired) electrons. The number of nitrogens with one attached hydrogen (secondary N) is 1. The van der Waals surface area contributed by atoms with Crippen LogP contribution in [-0.4, -0.2) is 18.1 Å². The zero-order valence-corrected chi connectivity index (χ0v) is 9.87. The first-order valence-electron chi connectivity index (χ1n) is 5.93. The van der Waals surface area contributed by atoms with E-state index in [4.69, 9.17) is 0 Å². The minimum atomic E-state index is 0.693. The maximum absolute atomic E-state index is 4.12. The van der Waals surface area contributed by atoms with Crippen molar-refractivity contribution in [1.82, 2.24) is 10.3 Å². The van der Waals surface area contributed by atoms with E-state index in [-0.39, 0.29) is 0 Å². The predicted molar refractivity (Wildman–Crippen MR) is 64.9 cm³/mol. The maximum Gasteiger partial charge on any atom is 0.0299 e. The molecule has 0 fully saturated rings. The molecule has 0 aromatic carbocycles. The van der Waals surface area contributed by atoms with Crippen molar-refractivity contribution in [2.24, 2.45) is 0 Å². The lowest BCUT2D eigenvalue weighted by Gasteiger charge is -2.12. The molecule has 0 aliphatic heterocycles. The fourth-order valence-electron chi connectivity index (χ4n) is 1.82. The molecular formula is C13H22N2. The summed E-state index contributed by atoms with van der Waals surface area (Å²) in [4.78, 5) is 4.12. The van der Waals surface area contributed by atoms with Crippen molar-refractivity contribution in [2.45, 2.75) is 45.1 Å². The molecule has 1 heterocycles. The molecule has 1 aromatic rings. The van der Waals surface area contributed by atoms with Gasteiger partial charge in [0.1, 0.15) is 0 Å². The highest BCUT2D eigenvalue weighted by atomic mass is 14.9. The third-order valence-electron chi connectivity index (χ3n) is 2.89. The number of rotatable bonds is 7. The summed E-state index contributed by atoms with van der Waals surface area (Å²) in [6, 6.07) is 4.86. The molecule has 2 heteroatoms. The van der Waals surface area contributed by atoms with E-state index >= 15 is 0 Å². The molecule has 1 aromatic heterocycles. The van der Waals surface area contributed by atoms with E-state index in [9.17, 15) is 0 Å². The largest absolute Gasteiger partial charge is 0.317 e. The molecule has 0 amide bonds. The van der Waals surface area contributed by atoms with Crippen LogP contribution in [0.15, 0.2) is 24.5 Å². The molecule has 84 valence electrons. The quantitative estimate of drug-likeness (QED) is 0.694. The Hall–Kier alpha value is -0.890. The topological polar surface area (TPSA) is 24.9 Å². The van der Waals surface area contributed by atoms with Gasteiger partial charge in [-0.15, -0.1) is 0 Å². The van der Waals surface area contributed by atoms with Crippen molar-refractivity contribution >= 4 is 0 Å². The summed E-state index contributed by atoms with van der Waals surface area (Å²) < 4.78 is 0. The van der Waals surface area contributed by atoms with Gasteiger partial charge in [-0.25, -0.2) is 0 Å². The lowest BCUT2D eigenvalue weighted by molar-refractivity contribution is 0.482. The Morgan fingerprint density at radius 3 is 2.87 bits per heavy atom. The van der Waals surface area contributed by atoms with E-state index in [2.05, 4.69) is 30.3 Å². The maximum atomic E-state index is 4.12. The lowest BCUT2D eigenvalue weighted by Crippen LogP contribution is -2.23. The van der Waals surface area contributed by atoms with Crippen LogP contribution in [-0.2, 0) is 6.42 Å². The van der Waals surface area contributed by atoms with Gasteiger partial charge < -0.3 is 5.32 Å². The molecule has 15 heavy (non-hydrogen) atoms. The molecule has 0 aliphatic rings. The second-order valence-electron chi connectivity index (χ2n) is 4.00. The van der Waals surface area contributed by atoms with Crippen LogP contribution in [0.25, 0.3) is 0 Å². The van der Waals surface area contributed by atoms with Crippen molar-refractivity contribution in [3.05, 3.63) is 30.1 Å². The second kappa shape index (κ2) is 7.41. The van der Waals surface area contributed by atoms with E-state index < -0.39 is 0 Å². The number of nitrogens with zero attached hydrogens (tertiary/aromatic N) is 1. The van der Waals surface area contributed by atoms with E-state index in [1.165, 1.54) is 31.2 Å². The van der Waals surface area contributed by atoms with Crippen LogP contribution in [0, 0.1) is 0 Å². The molecule has 0 saturated heterocycles. The third-order valence-corrected chi connectivity index (χ3v) is 2.89. The fourth-order valence-corrected chi connectivity index (χ4v) is 1.82. The van der Waals surface area contributed by atoms with Crippen molar-refractivity contribution in [3.63, 3.8) is 0 Å². The fraction of sp³-hybridized carbons (Fsp3) is 0.615. The van der Waals surface area contributed by atoms with Crippen LogP contribution in [0.2, 0.25) is 0 Å². The van der Waals surface area contributed by atoms with E-state index in [1.54, 1.807) is 0 Å². The standard InChI is InChI=1S/C13H22N2/c1-3-13(14-2)9-5-4-7-12-8-6-10-15-11-12/h6,8,10-11,13-14H,3-5,7,9H2,1-2H3/t13-/m0/s1. The zero-order chi connectivity index (χ0) is 10.9. The minimum absolute atomic E-state index is 0.693. The van der Waals surface area contributed by atoms with Crippen LogP contribution in [0.5, 0.6) is 0 Å². The van der Waals surface area contributed by atoms with Gasteiger partial charge in [-0.05, 0) is 44.4 Å². The van der Waals surface area contributed by atoms with E-state index in [0.717, 1.165) is 6.42 Å². The Labute approximate surface area is 93.1 Å². The third kappa shape index (κ3) is 4.93. The van der Waals surface area contributed by atoms with E-state index in [1.807, 2.05) is 18.5 Å². The van der Waals surface area contributed by atoms with Crippen LogP contribution >= 0.6 is 0 Å². The number of unbranched alkanes of at least 4 members (excludes halogenated alkanes) is 1. The van der Waals surface area contributed by atoms with Crippen LogP contribution < -0.4 is 5.32 Å². The molecule has 1 atom stereocenters. The normalized spacial score (nSPS) is 12.7. The number of pyridine rings is 1. The second-order valence-corrected chi connectivity index (χ2v) is 4.00. The Morgan fingerprint density at radius 1 is 1.40 bits per heavy atom. The molecule has 0 spiro atoms. The first kappa shape index (κ1) is 12.2. The summed E-state index contributed by atoms with van der Waals surface area (Å²) in [5.41, 5.74) is 1.36. The zero-order valence-electron chi connectivity index (χ0n) is 9.87. The molecule has 0 saturated carbocycles. The number of aryl methyl sites for hydroxylation is 1. The van der Waals surface area contributed by atoms with Crippen molar-refractivity contribution in [2.75, 3.05) is 7.05 Å². The van der Waals surface area contributed by atoms with Crippen molar-refractivity contribution in [3.8, 4) is 0 Å². The van der Waals surface area contributed by atoms with Gasteiger partial charge in [0, 0.05) is 18.4 Å². The molecule has 1 rings (SSSR count). The van der Waals surface area contributed by atoms with Gasteiger partial charge in [0.25, 0.3) is 0 Å². The average Bonchev–Trinajstić information content (AvgIpc) is 2.31. The Kier molecular flexibility index (Phi) is 6.02. The summed E-state index contributed by atoms with van der Waals surface area (Å²) in [6.07, 6.45) is 10.0. The summed E-state index contributed by atoms with van der Waals surface area (Å²) in [7, 11) is 2.05. The van der Waals surface area contributed by atoms with Gasteiger partial charge in [0.15, 0.2) is 0 Å². The highest BCUT2D eigenvalue weighted by Gasteiger charge is 2.01. The summed E-state index contributed by atoms with van der Waals surface area (Å²) >= 11 is 0. The van der Waals surface area contributed by atoms with Crippen molar-refractivity contribution < 1.29 is 0 Å². The molecular weight excluding hydrogens is 184 g/mol. The van der Waals surface area contributed by atoms with Crippen LogP contribution in [0.4, 0.5) is 0 Å². The summed E-state index contributed by atoms with van der Waals surface area (Å²) in [5.74, 6) is 0. The number of hydrogen-bond donors (Lipinski definition) is 1. The average molecular weight is 206 g/mol. The summed E-state index contributed by atoms with van der Waals surface area (Å²) in [6.45, 7) is 2.24. The predicted octanol–water partition coefficient (Wildman–Crippen LogP) is 2.79. The van der Waals surface area contributed by atoms with Crippen LogP contribution in [0.1, 0.15) is 38.2 Å². The Bertz CT molecular complexity index is 242. The van der Waals surface area contributed by atoms with Gasteiger partial charge in [0.2, 0.25) is 0 Å². The first-order valence-corrected chi connectivity index (χ1v) is 5.93. The monoisotopic (exact) mass is 206 g/mol. The lowest BCUT2D eigenvalue weighted by atomic mass is 10.0.